The van der Waals surface area contributed by atoms with Crippen LogP contribution in [0, 0.1) is 0 Å². The van der Waals surface area contributed by atoms with Crippen LogP contribution in [0.3, 0.4) is 0 Å². The molecule has 0 saturated carbocycles. The van der Waals surface area contributed by atoms with Gasteiger partial charge < -0.3 is 13.9 Å². The number of ether oxygens (including phenoxy) is 2. The molecule has 7 nitrogen and oxygen atoms in total. The predicted molar refractivity (Wildman–Crippen MR) is 97.4 cm³/mol. The van der Waals surface area contributed by atoms with Crippen LogP contribution in [0.1, 0.15) is 26.7 Å². The maximum absolute atomic E-state index is 12.1. The Labute approximate surface area is 155 Å². The van der Waals surface area contributed by atoms with Crippen molar-refractivity contribution in [3.05, 3.63) is 83.8 Å². The fourth-order valence-electron chi connectivity index (χ4n) is 2.26. The lowest BCUT2D eigenvalue weighted by Crippen LogP contribution is -2.41. The van der Waals surface area contributed by atoms with E-state index < -0.39 is 11.8 Å². The molecular weight excluding hydrogens is 348 g/mol. The van der Waals surface area contributed by atoms with Gasteiger partial charge in [0, 0.05) is 5.56 Å². The van der Waals surface area contributed by atoms with Gasteiger partial charge in [0.1, 0.15) is 23.9 Å². The van der Waals surface area contributed by atoms with Crippen molar-refractivity contribution in [1.82, 2.24) is 10.9 Å². The first-order valence-corrected chi connectivity index (χ1v) is 8.17. The van der Waals surface area contributed by atoms with Crippen LogP contribution in [0.4, 0.5) is 0 Å². The molecule has 0 bridgehead atoms. The monoisotopic (exact) mass is 366 g/mol. The topological polar surface area (TPSA) is 89.8 Å². The van der Waals surface area contributed by atoms with Gasteiger partial charge in [0.25, 0.3) is 5.91 Å². The minimum atomic E-state index is -0.572. The zero-order valence-electron chi connectivity index (χ0n) is 14.6. The summed E-state index contributed by atoms with van der Waals surface area (Å²) in [5.74, 6) is 0.753. The molecule has 3 rings (SSSR count). The third kappa shape index (κ3) is 4.88. The lowest BCUT2D eigenvalue weighted by Gasteiger charge is -2.07. The van der Waals surface area contributed by atoms with E-state index in [-0.39, 0.29) is 12.4 Å². The number of hydrazine groups is 1. The molecule has 3 aromatic rings. The minimum absolute atomic E-state index is 0.0626. The van der Waals surface area contributed by atoms with Gasteiger partial charge in [0.05, 0.1) is 7.11 Å². The van der Waals surface area contributed by atoms with Crippen molar-refractivity contribution in [1.29, 1.82) is 0 Å². The number of nitrogens with one attached hydrogen (secondary N) is 2. The summed E-state index contributed by atoms with van der Waals surface area (Å²) < 4.78 is 16.1. The second-order valence-electron chi connectivity index (χ2n) is 5.51. The number of rotatable bonds is 6. The van der Waals surface area contributed by atoms with E-state index in [4.69, 9.17) is 13.9 Å². The standard InChI is InChI=1S/C20H18N2O5/c1-25-16-9-5-6-14(12-16)19(23)21-22-20(24)18-11-10-17(27-18)13-26-15-7-3-2-4-8-15/h2-12H,13H2,1H3,(H,21,23)(H,22,24). The molecule has 138 valence electrons. The predicted octanol–water partition coefficient (Wildman–Crippen LogP) is 2.94. The van der Waals surface area contributed by atoms with E-state index in [1.54, 1.807) is 30.3 Å². The summed E-state index contributed by atoms with van der Waals surface area (Å²) in [5.41, 5.74) is 4.99. The average molecular weight is 366 g/mol. The first-order chi connectivity index (χ1) is 13.2. The van der Waals surface area contributed by atoms with Gasteiger partial charge in [0.2, 0.25) is 0 Å². The van der Waals surface area contributed by atoms with Gasteiger partial charge in [-0.3, -0.25) is 20.4 Å². The van der Waals surface area contributed by atoms with Crippen LogP contribution < -0.4 is 20.3 Å². The molecule has 0 aliphatic carbocycles. The molecule has 0 aliphatic rings. The number of carbonyl (C=O) groups is 2. The van der Waals surface area contributed by atoms with Gasteiger partial charge in [-0.15, -0.1) is 0 Å². The SMILES string of the molecule is COc1cccc(C(=O)NNC(=O)c2ccc(COc3ccccc3)o2)c1. The summed E-state index contributed by atoms with van der Waals surface area (Å²) >= 11 is 0. The molecule has 2 aromatic carbocycles. The van der Waals surface area contributed by atoms with Crippen LogP contribution in [0.15, 0.2) is 71.1 Å². The highest BCUT2D eigenvalue weighted by atomic mass is 16.5. The number of para-hydroxylation sites is 1. The highest BCUT2D eigenvalue weighted by molar-refractivity contribution is 5.98. The second-order valence-corrected chi connectivity index (χ2v) is 5.51. The molecule has 0 spiro atoms. The molecule has 0 atom stereocenters. The number of amides is 2. The van der Waals surface area contributed by atoms with Crippen LogP contribution in [0.25, 0.3) is 0 Å². The van der Waals surface area contributed by atoms with E-state index >= 15 is 0 Å². The van der Waals surface area contributed by atoms with Gasteiger partial charge >= 0.3 is 5.91 Å². The Hall–Kier alpha value is -3.74. The number of benzene rings is 2. The van der Waals surface area contributed by atoms with Crippen molar-refractivity contribution in [3.8, 4) is 11.5 Å². The third-order valence-electron chi connectivity index (χ3n) is 3.63. The maximum Gasteiger partial charge on any atom is 0.305 e. The van der Waals surface area contributed by atoms with E-state index in [1.807, 2.05) is 30.3 Å². The van der Waals surface area contributed by atoms with Gasteiger partial charge in [-0.1, -0.05) is 24.3 Å². The maximum atomic E-state index is 12.1. The van der Waals surface area contributed by atoms with E-state index in [9.17, 15) is 9.59 Å². The molecule has 0 radical (unpaired) electrons. The summed E-state index contributed by atoms with van der Waals surface area (Å²) in [4.78, 5) is 24.2. The van der Waals surface area contributed by atoms with E-state index in [1.165, 1.54) is 13.2 Å². The molecule has 27 heavy (non-hydrogen) atoms. The second kappa shape index (κ2) is 8.57. The summed E-state index contributed by atoms with van der Waals surface area (Å²) in [5, 5.41) is 0. The fraction of sp³-hybridized carbons (Fsp3) is 0.100. The van der Waals surface area contributed by atoms with E-state index in [2.05, 4.69) is 10.9 Å². The van der Waals surface area contributed by atoms with E-state index in [0.29, 0.717) is 22.8 Å². The van der Waals surface area contributed by atoms with Crippen LogP contribution >= 0.6 is 0 Å². The van der Waals surface area contributed by atoms with Crippen LogP contribution in [0.2, 0.25) is 0 Å². The molecule has 1 heterocycles. The zero-order valence-corrected chi connectivity index (χ0v) is 14.6. The smallest absolute Gasteiger partial charge is 0.305 e. The van der Waals surface area contributed by atoms with Crippen LogP contribution in [-0.4, -0.2) is 18.9 Å². The largest absolute Gasteiger partial charge is 0.497 e. The van der Waals surface area contributed by atoms with Crippen LogP contribution in [-0.2, 0) is 6.61 Å². The number of carbonyl (C=O) groups excluding carboxylic acids is 2. The van der Waals surface area contributed by atoms with Crippen molar-refractivity contribution in [2.75, 3.05) is 7.11 Å². The number of methoxy groups -OCH3 is 1. The minimum Gasteiger partial charge on any atom is -0.497 e. The first-order valence-electron chi connectivity index (χ1n) is 8.17. The quantitative estimate of drug-likeness (QED) is 0.655. The number of hydrogen-bond acceptors (Lipinski definition) is 5. The highest BCUT2D eigenvalue weighted by Gasteiger charge is 2.13. The van der Waals surface area contributed by atoms with Gasteiger partial charge in [0.15, 0.2) is 5.76 Å². The molecule has 0 aliphatic heterocycles. The molecular formula is C20H18N2O5. The Bertz CT molecular complexity index is 921. The first kappa shape index (κ1) is 18.1. The molecule has 2 N–H and O–H groups in total. The third-order valence-corrected chi connectivity index (χ3v) is 3.63. The Morgan fingerprint density at radius 2 is 1.63 bits per heavy atom. The van der Waals surface area contributed by atoms with Crippen LogP contribution in [0.5, 0.6) is 11.5 Å². The lowest BCUT2D eigenvalue weighted by molar-refractivity contribution is 0.0828. The molecule has 7 heteroatoms. The molecule has 0 saturated heterocycles. The Morgan fingerprint density at radius 3 is 2.41 bits per heavy atom. The molecule has 0 fully saturated rings. The number of hydrogen-bond donors (Lipinski definition) is 2. The zero-order chi connectivity index (χ0) is 19.1. The fourth-order valence-corrected chi connectivity index (χ4v) is 2.26. The Morgan fingerprint density at radius 1 is 0.889 bits per heavy atom. The van der Waals surface area contributed by atoms with Crippen molar-refractivity contribution in [3.63, 3.8) is 0 Å². The summed E-state index contributed by atoms with van der Waals surface area (Å²) in [6, 6.07) is 19.0. The summed E-state index contributed by atoms with van der Waals surface area (Å²) in [6.07, 6.45) is 0. The average Bonchev–Trinajstić information content (AvgIpc) is 3.20. The van der Waals surface area contributed by atoms with Crippen molar-refractivity contribution < 1.29 is 23.5 Å². The molecule has 1 aromatic heterocycles. The van der Waals surface area contributed by atoms with Crippen molar-refractivity contribution in [2.45, 2.75) is 6.61 Å². The lowest BCUT2D eigenvalue weighted by atomic mass is 10.2. The van der Waals surface area contributed by atoms with Gasteiger partial charge in [-0.25, -0.2) is 0 Å². The van der Waals surface area contributed by atoms with E-state index in [0.717, 1.165) is 0 Å². The summed E-state index contributed by atoms with van der Waals surface area (Å²) in [6.45, 7) is 0.188. The Balaban J connectivity index is 1.52. The molecule has 2 amide bonds. The molecule has 0 unspecified atom stereocenters. The van der Waals surface area contributed by atoms with Gasteiger partial charge in [-0.05, 0) is 42.5 Å². The normalized spacial score (nSPS) is 10.1. The highest BCUT2D eigenvalue weighted by Crippen LogP contribution is 2.14. The van der Waals surface area contributed by atoms with Crippen molar-refractivity contribution in [2.24, 2.45) is 0 Å². The summed E-state index contributed by atoms with van der Waals surface area (Å²) in [7, 11) is 1.51. The number of furan rings is 1. The van der Waals surface area contributed by atoms with Crippen molar-refractivity contribution >= 4 is 11.8 Å². The Kier molecular flexibility index (Phi) is 5.73. The van der Waals surface area contributed by atoms with Gasteiger partial charge in [-0.2, -0.15) is 0 Å².